The molecular weight excluding hydrogens is 456 g/mol. The Morgan fingerprint density at radius 1 is 1.25 bits per heavy atom. The van der Waals surface area contributed by atoms with Gasteiger partial charge >= 0.3 is 12.3 Å². The Balaban J connectivity index is 1.62. The molecule has 1 saturated carbocycles. The van der Waals surface area contributed by atoms with Crippen molar-refractivity contribution in [3.8, 4) is 11.5 Å². The van der Waals surface area contributed by atoms with E-state index in [2.05, 4.69) is 15.5 Å². The van der Waals surface area contributed by atoms with Gasteiger partial charge in [0.2, 0.25) is 15.9 Å². The molecule has 13 heteroatoms. The van der Waals surface area contributed by atoms with Crippen molar-refractivity contribution < 1.29 is 35.2 Å². The Bertz CT molecular complexity index is 1130. The lowest BCUT2D eigenvalue weighted by atomic mass is 9.90. The average Bonchev–Trinajstić information content (AvgIpc) is 3.31. The molecule has 1 amide bonds. The van der Waals surface area contributed by atoms with Crippen LogP contribution in [0.25, 0.3) is 11.5 Å². The van der Waals surface area contributed by atoms with E-state index in [4.69, 9.17) is 4.42 Å². The van der Waals surface area contributed by atoms with Gasteiger partial charge in [0, 0.05) is 31.1 Å². The summed E-state index contributed by atoms with van der Waals surface area (Å²) in [7, 11) is -4.03. The third-order valence-corrected chi connectivity index (χ3v) is 7.62. The van der Waals surface area contributed by atoms with Crippen molar-refractivity contribution in [3.05, 3.63) is 29.7 Å². The number of rotatable bonds is 5. The quantitative estimate of drug-likeness (QED) is 0.665. The fourth-order valence-electron chi connectivity index (χ4n) is 4.09. The van der Waals surface area contributed by atoms with Crippen LogP contribution in [0.5, 0.6) is 0 Å². The lowest BCUT2D eigenvalue weighted by molar-refractivity contribution is -0.144. The summed E-state index contributed by atoms with van der Waals surface area (Å²) < 4.78 is 84.9. The van der Waals surface area contributed by atoms with Gasteiger partial charge in [-0.05, 0) is 30.5 Å². The number of hydrogen-bond donors (Lipinski definition) is 1. The number of fused-ring (bicyclic) bond motifs is 1. The van der Waals surface area contributed by atoms with Gasteiger partial charge < -0.3 is 9.73 Å². The number of aromatic nitrogens is 2. The molecule has 2 aromatic rings. The van der Waals surface area contributed by atoms with Gasteiger partial charge in [0.15, 0.2) is 0 Å². The second-order valence-corrected chi connectivity index (χ2v) is 9.80. The summed E-state index contributed by atoms with van der Waals surface area (Å²) in [6, 6.07) is 2.83. The minimum absolute atomic E-state index is 0.00359. The molecule has 2 atom stereocenters. The highest BCUT2D eigenvalue weighted by molar-refractivity contribution is 7.89. The summed E-state index contributed by atoms with van der Waals surface area (Å²) in [6.07, 6.45) is -0.823. The van der Waals surface area contributed by atoms with Crippen LogP contribution in [0.1, 0.15) is 50.5 Å². The lowest BCUT2D eigenvalue weighted by Crippen LogP contribution is -2.55. The van der Waals surface area contributed by atoms with Crippen LogP contribution >= 0.6 is 0 Å². The summed E-state index contributed by atoms with van der Waals surface area (Å²) in [4.78, 5) is 11.8. The molecular formula is C19H20F4N4O4S. The monoisotopic (exact) mass is 476 g/mol. The number of sulfonamides is 1. The molecule has 1 aliphatic carbocycles. The highest BCUT2D eigenvalue weighted by Crippen LogP contribution is 2.38. The van der Waals surface area contributed by atoms with Gasteiger partial charge in [0.05, 0.1) is 4.90 Å². The van der Waals surface area contributed by atoms with Crippen LogP contribution in [0.15, 0.2) is 27.5 Å². The number of benzene rings is 1. The molecule has 0 bridgehead atoms. The molecule has 1 fully saturated rings. The molecule has 1 aromatic carbocycles. The molecule has 0 radical (unpaired) electrons. The Morgan fingerprint density at radius 3 is 2.62 bits per heavy atom. The molecule has 1 aromatic heterocycles. The molecule has 1 N–H and O–H groups in total. The minimum atomic E-state index is -4.03. The fourth-order valence-corrected chi connectivity index (χ4v) is 6.00. The number of hydrogen-bond acceptors (Lipinski definition) is 6. The zero-order valence-electron chi connectivity index (χ0n) is 16.9. The number of carbonyl (C=O) groups is 1. The lowest BCUT2D eigenvalue weighted by Gasteiger charge is -2.37. The van der Waals surface area contributed by atoms with Crippen molar-refractivity contribution in [2.24, 2.45) is 0 Å². The number of nitrogens with zero attached hydrogens (tertiary/aromatic N) is 3. The molecule has 0 unspecified atom stereocenters. The normalized spacial score (nSPS) is 23.3. The van der Waals surface area contributed by atoms with Crippen LogP contribution < -0.4 is 5.32 Å². The van der Waals surface area contributed by atoms with E-state index in [1.165, 1.54) is 22.5 Å². The summed E-state index contributed by atoms with van der Waals surface area (Å²) in [5.41, 5.74) is 0.617. The van der Waals surface area contributed by atoms with Gasteiger partial charge in [0.1, 0.15) is 0 Å². The maximum absolute atomic E-state index is 13.4. The first-order chi connectivity index (χ1) is 15.0. The van der Waals surface area contributed by atoms with Crippen molar-refractivity contribution in [1.29, 1.82) is 0 Å². The molecule has 2 heterocycles. The van der Waals surface area contributed by atoms with Gasteiger partial charge in [-0.3, -0.25) is 4.79 Å². The van der Waals surface area contributed by atoms with Crippen LogP contribution in [0.3, 0.4) is 0 Å². The first-order valence-corrected chi connectivity index (χ1v) is 11.4. The molecule has 174 valence electrons. The van der Waals surface area contributed by atoms with Gasteiger partial charge in [-0.25, -0.2) is 8.42 Å². The van der Waals surface area contributed by atoms with Crippen molar-refractivity contribution in [2.75, 3.05) is 0 Å². The molecule has 0 saturated heterocycles. The molecule has 2 aliphatic rings. The SMILES string of the molecule is CC(F)(F)C(=O)N[C@@H]1CCCC[C@H]1N1Cc2ccc(-c3nnc(C(F)F)o3)cc2S1(=O)=O. The maximum atomic E-state index is 13.4. The number of carbonyl (C=O) groups excluding carboxylic acids is 1. The minimum Gasteiger partial charge on any atom is -0.415 e. The molecule has 8 nitrogen and oxygen atoms in total. The number of halogens is 4. The summed E-state index contributed by atoms with van der Waals surface area (Å²) in [6.45, 7) is 0.491. The fraction of sp³-hybridized carbons (Fsp3) is 0.526. The van der Waals surface area contributed by atoms with Crippen LogP contribution in [0.2, 0.25) is 0 Å². The van der Waals surface area contributed by atoms with E-state index in [1.54, 1.807) is 0 Å². The second-order valence-electron chi connectivity index (χ2n) is 7.94. The average molecular weight is 476 g/mol. The third-order valence-electron chi connectivity index (χ3n) is 5.67. The van der Waals surface area contributed by atoms with Crippen molar-refractivity contribution in [3.63, 3.8) is 0 Å². The van der Waals surface area contributed by atoms with Crippen LogP contribution in [-0.2, 0) is 21.4 Å². The van der Waals surface area contributed by atoms with E-state index < -0.39 is 46.3 Å². The van der Waals surface area contributed by atoms with E-state index >= 15 is 0 Å². The Morgan fingerprint density at radius 2 is 1.97 bits per heavy atom. The Labute approximate surface area is 181 Å². The van der Waals surface area contributed by atoms with Gasteiger partial charge in [-0.2, -0.15) is 21.9 Å². The van der Waals surface area contributed by atoms with Gasteiger partial charge in [-0.15, -0.1) is 10.2 Å². The van der Waals surface area contributed by atoms with Crippen molar-refractivity contribution in [1.82, 2.24) is 19.8 Å². The van der Waals surface area contributed by atoms with Gasteiger partial charge in [0.25, 0.3) is 11.8 Å². The van der Waals surface area contributed by atoms with E-state index in [0.29, 0.717) is 38.2 Å². The summed E-state index contributed by atoms with van der Waals surface area (Å²) in [5.74, 6) is -6.15. The molecule has 4 rings (SSSR count). The van der Waals surface area contributed by atoms with E-state index in [1.807, 2.05) is 0 Å². The van der Waals surface area contributed by atoms with E-state index in [9.17, 15) is 30.8 Å². The van der Waals surface area contributed by atoms with Crippen LogP contribution in [0.4, 0.5) is 17.6 Å². The standard InChI is InChI=1S/C19H20F4N4O4S/c1-19(22,23)18(28)24-12-4-2-3-5-13(12)27-9-11-7-6-10(8-14(11)32(27,29)30)16-25-26-17(31-16)15(20)21/h6-8,12-13,15H,2-5,9H2,1H3,(H,24,28)/t12-,13-/m1/s1. The highest BCUT2D eigenvalue weighted by atomic mass is 32.2. The van der Waals surface area contributed by atoms with Crippen LogP contribution in [-0.4, -0.2) is 46.8 Å². The molecule has 32 heavy (non-hydrogen) atoms. The summed E-state index contributed by atoms with van der Waals surface area (Å²) in [5, 5.41) is 9.08. The summed E-state index contributed by atoms with van der Waals surface area (Å²) >= 11 is 0. The topological polar surface area (TPSA) is 105 Å². The third kappa shape index (κ3) is 4.10. The molecule has 0 spiro atoms. The highest BCUT2D eigenvalue weighted by Gasteiger charge is 2.45. The zero-order valence-corrected chi connectivity index (χ0v) is 17.7. The van der Waals surface area contributed by atoms with Crippen LogP contribution in [0, 0.1) is 0 Å². The first kappa shape index (κ1) is 22.6. The first-order valence-electron chi connectivity index (χ1n) is 9.94. The Hall–Kier alpha value is -2.54. The number of amides is 1. The smallest absolute Gasteiger partial charge is 0.321 e. The second kappa shape index (κ2) is 8.10. The van der Waals surface area contributed by atoms with Crippen molar-refractivity contribution in [2.45, 2.75) is 68.5 Å². The van der Waals surface area contributed by atoms with E-state index in [-0.39, 0.29) is 22.9 Å². The number of nitrogens with one attached hydrogen (secondary N) is 1. The largest absolute Gasteiger partial charge is 0.415 e. The predicted molar refractivity (Wildman–Crippen MR) is 102 cm³/mol. The van der Waals surface area contributed by atoms with Crippen molar-refractivity contribution >= 4 is 15.9 Å². The Kier molecular flexibility index (Phi) is 5.74. The predicted octanol–water partition coefficient (Wildman–Crippen LogP) is 3.26. The zero-order chi connectivity index (χ0) is 23.3. The number of alkyl halides is 4. The van der Waals surface area contributed by atoms with Gasteiger partial charge in [-0.1, -0.05) is 18.9 Å². The maximum Gasteiger partial charge on any atom is 0.321 e. The van der Waals surface area contributed by atoms with E-state index in [0.717, 1.165) is 0 Å². The molecule has 1 aliphatic heterocycles.